The maximum Gasteiger partial charge on any atom is 0.0837 e. The molecule has 3 rings (SSSR count). The second-order valence-electron chi connectivity index (χ2n) is 6.68. The van der Waals surface area contributed by atoms with Crippen LogP contribution in [0.2, 0.25) is 0 Å². The molecular formula is C21H24N2O2. The first-order valence-corrected chi connectivity index (χ1v) is 8.69. The molecule has 25 heavy (non-hydrogen) atoms. The largest absolute Gasteiger partial charge is 0.411 e. The Bertz CT molecular complexity index is 808. The van der Waals surface area contributed by atoms with Gasteiger partial charge in [0.15, 0.2) is 0 Å². The summed E-state index contributed by atoms with van der Waals surface area (Å²) in [4.78, 5) is 0. The van der Waals surface area contributed by atoms with E-state index in [2.05, 4.69) is 48.4 Å². The fourth-order valence-corrected chi connectivity index (χ4v) is 4.07. The predicted molar refractivity (Wildman–Crippen MR) is 101 cm³/mol. The van der Waals surface area contributed by atoms with E-state index in [4.69, 9.17) is 10.4 Å². The van der Waals surface area contributed by atoms with Gasteiger partial charge in [-0.05, 0) is 72.2 Å². The molecule has 0 radical (unpaired) electrons. The molecule has 0 bridgehead atoms. The molecule has 0 amide bonds. The van der Waals surface area contributed by atoms with Crippen molar-refractivity contribution in [2.75, 3.05) is 0 Å². The van der Waals surface area contributed by atoms with Gasteiger partial charge in [0.2, 0.25) is 0 Å². The van der Waals surface area contributed by atoms with Crippen LogP contribution in [-0.4, -0.2) is 21.8 Å². The van der Waals surface area contributed by atoms with Crippen molar-refractivity contribution in [2.24, 2.45) is 10.3 Å². The standard InChI is InChI=1S/C21H24N2O2/c1-5-21(6-2)19-11-15(13(3)22-24)7-9-17(19)18-10-8-16(12-20(18)21)14(4)23-25/h7-12,24-25H,5-6H2,1-4H3/b22-13+,23-14+. The topological polar surface area (TPSA) is 65.2 Å². The summed E-state index contributed by atoms with van der Waals surface area (Å²) in [5.41, 5.74) is 8.06. The fraction of sp³-hybridized carbons (Fsp3) is 0.333. The number of hydrogen-bond acceptors (Lipinski definition) is 4. The third-order valence-corrected chi connectivity index (χ3v) is 5.70. The lowest BCUT2D eigenvalue weighted by atomic mass is 9.73. The van der Waals surface area contributed by atoms with E-state index in [1.165, 1.54) is 22.3 Å². The zero-order valence-electron chi connectivity index (χ0n) is 15.2. The van der Waals surface area contributed by atoms with Crippen molar-refractivity contribution in [3.63, 3.8) is 0 Å². The molecule has 130 valence electrons. The molecule has 0 aromatic heterocycles. The number of benzene rings is 2. The van der Waals surface area contributed by atoms with E-state index in [-0.39, 0.29) is 5.41 Å². The molecule has 0 aliphatic heterocycles. The van der Waals surface area contributed by atoms with Gasteiger partial charge in [0.25, 0.3) is 0 Å². The van der Waals surface area contributed by atoms with Crippen molar-refractivity contribution in [2.45, 2.75) is 46.0 Å². The van der Waals surface area contributed by atoms with E-state index in [9.17, 15) is 0 Å². The Kier molecular flexibility index (Phi) is 4.38. The Labute approximate surface area is 148 Å². The third-order valence-electron chi connectivity index (χ3n) is 5.70. The lowest BCUT2D eigenvalue weighted by Crippen LogP contribution is -2.23. The molecule has 2 aromatic carbocycles. The van der Waals surface area contributed by atoms with E-state index in [1.807, 2.05) is 26.0 Å². The molecular weight excluding hydrogens is 312 g/mol. The minimum absolute atomic E-state index is 0.0812. The summed E-state index contributed by atoms with van der Waals surface area (Å²) in [6.07, 6.45) is 1.95. The number of rotatable bonds is 4. The van der Waals surface area contributed by atoms with Gasteiger partial charge in [-0.15, -0.1) is 0 Å². The molecule has 1 aliphatic rings. The average molecular weight is 336 g/mol. The third kappa shape index (κ3) is 2.44. The zero-order valence-corrected chi connectivity index (χ0v) is 15.2. The molecule has 2 aromatic rings. The van der Waals surface area contributed by atoms with Crippen molar-refractivity contribution < 1.29 is 10.4 Å². The molecule has 4 heteroatoms. The first-order valence-electron chi connectivity index (χ1n) is 8.69. The molecule has 0 saturated heterocycles. The molecule has 2 N–H and O–H groups in total. The molecule has 4 nitrogen and oxygen atoms in total. The average Bonchev–Trinajstić information content (AvgIpc) is 2.95. The quantitative estimate of drug-likeness (QED) is 0.459. The van der Waals surface area contributed by atoms with Crippen LogP contribution in [0.4, 0.5) is 0 Å². The lowest BCUT2D eigenvalue weighted by Gasteiger charge is -2.30. The summed E-state index contributed by atoms with van der Waals surface area (Å²) in [5.74, 6) is 0. The van der Waals surface area contributed by atoms with Crippen LogP contribution in [0.1, 0.15) is 62.8 Å². The minimum Gasteiger partial charge on any atom is -0.411 e. The monoisotopic (exact) mass is 336 g/mol. The highest BCUT2D eigenvalue weighted by molar-refractivity contribution is 6.01. The van der Waals surface area contributed by atoms with Gasteiger partial charge in [-0.2, -0.15) is 0 Å². The van der Waals surface area contributed by atoms with Gasteiger partial charge in [0, 0.05) is 5.41 Å². The number of nitrogens with zero attached hydrogens (tertiary/aromatic N) is 2. The summed E-state index contributed by atoms with van der Waals surface area (Å²) in [5, 5.41) is 25.0. The van der Waals surface area contributed by atoms with Crippen LogP contribution < -0.4 is 0 Å². The Morgan fingerprint density at radius 1 is 0.800 bits per heavy atom. The smallest absolute Gasteiger partial charge is 0.0837 e. The van der Waals surface area contributed by atoms with E-state index in [1.54, 1.807) is 0 Å². The first kappa shape index (κ1) is 17.2. The highest BCUT2D eigenvalue weighted by Crippen LogP contribution is 2.53. The highest BCUT2D eigenvalue weighted by Gasteiger charge is 2.40. The number of hydrogen-bond donors (Lipinski definition) is 2. The van der Waals surface area contributed by atoms with Crippen molar-refractivity contribution in [1.82, 2.24) is 0 Å². The predicted octanol–water partition coefficient (Wildman–Crippen LogP) is 5.17. The van der Waals surface area contributed by atoms with Crippen LogP contribution in [0.3, 0.4) is 0 Å². The van der Waals surface area contributed by atoms with Crippen LogP contribution >= 0.6 is 0 Å². The molecule has 0 spiro atoms. The van der Waals surface area contributed by atoms with Gasteiger partial charge in [0.05, 0.1) is 11.4 Å². The van der Waals surface area contributed by atoms with Crippen molar-refractivity contribution >= 4 is 11.4 Å². The van der Waals surface area contributed by atoms with Crippen molar-refractivity contribution in [3.8, 4) is 11.1 Å². The summed E-state index contributed by atoms with van der Waals surface area (Å²) in [6.45, 7) is 8.04. The Hall–Kier alpha value is -2.62. The molecule has 0 heterocycles. The van der Waals surface area contributed by atoms with Gasteiger partial charge in [-0.3, -0.25) is 0 Å². The minimum atomic E-state index is -0.0812. The highest BCUT2D eigenvalue weighted by atomic mass is 16.4. The molecule has 0 fully saturated rings. The van der Waals surface area contributed by atoms with Gasteiger partial charge in [-0.25, -0.2) is 0 Å². The van der Waals surface area contributed by atoms with E-state index in [0.29, 0.717) is 11.4 Å². The van der Waals surface area contributed by atoms with E-state index < -0.39 is 0 Å². The zero-order chi connectivity index (χ0) is 18.2. The molecule has 0 atom stereocenters. The first-order chi connectivity index (χ1) is 12.0. The maximum absolute atomic E-state index is 9.13. The Morgan fingerprint density at radius 3 is 1.52 bits per heavy atom. The van der Waals surface area contributed by atoms with Gasteiger partial charge < -0.3 is 10.4 Å². The van der Waals surface area contributed by atoms with Crippen LogP contribution in [0, 0.1) is 0 Å². The second-order valence-corrected chi connectivity index (χ2v) is 6.68. The van der Waals surface area contributed by atoms with Crippen LogP contribution in [0.15, 0.2) is 46.7 Å². The fourth-order valence-electron chi connectivity index (χ4n) is 4.07. The summed E-state index contributed by atoms with van der Waals surface area (Å²) < 4.78 is 0. The van der Waals surface area contributed by atoms with E-state index in [0.717, 1.165) is 24.0 Å². The summed E-state index contributed by atoms with van der Waals surface area (Å²) in [7, 11) is 0. The van der Waals surface area contributed by atoms with E-state index >= 15 is 0 Å². The summed E-state index contributed by atoms with van der Waals surface area (Å²) in [6, 6.07) is 12.6. The SMILES string of the molecule is CCC1(CC)c2cc(/C(C)=N/O)ccc2-c2ccc(/C(C)=N/O)cc21. The Balaban J connectivity index is 2.29. The van der Waals surface area contributed by atoms with Crippen LogP contribution in [0.25, 0.3) is 11.1 Å². The normalized spacial score (nSPS) is 15.8. The van der Waals surface area contributed by atoms with Crippen LogP contribution in [0.5, 0.6) is 0 Å². The lowest BCUT2D eigenvalue weighted by molar-refractivity contribution is 0.319. The van der Waals surface area contributed by atoms with Gasteiger partial charge >= 0.3 is 0 Å². The van der Waals surface area contributed by atoms with Crippen LogP contribution in [-0.2, 0) is 5.41 Å². The molecule has 1 aliphatic carbocycles. The molecule has 0 unspecified atom stereocenters. The number of fused-ring (bicyclic) bond motifs is 3. The maximum atomic E-state index is 9.13. The second kappa shape index (κ2) is 6.36. The van der Waals surface area contributed by atoms with Gasteiger partial charge in [0.1, 0.15) is 0 Å². The number of oxime groups is 2. The summed E-state index contributed by atoms with van der Waals surface area (Å²) >= 11 is 0. The molecule has 0 saturated carbocycles. The van der Waals surface area contributed by atoms with Crippen molar-refractivity contribution in [3.05, 3.63) is 58.7 Å². The Morgan fingerprint density at radius 2 is 1.20 bits per heavy atom. The van der Waals surface area contributed by atoms with Gasteiger partial charge in [-0.1, -0.05) is 48.4 Å². The van der Waals surface area contributed by atoms with Crippen molar-refractivity contribution in [1.29, 1.82) is 0 Å².